The van der Waals surface area contributed by atoms with E-state index in [1.165, 1.54) is 60.9 Å². The van der Waals surface area contributed by atoms with Crippen molar-refractivity contribution in [3.63, 3.8) is 0 Å². The number of fused-ring (bicyclic) bond motifs is 9. The first kappa shape index (κ1) is 28.2. The minimum atomic E-state index is -0.256. The van der Waals surface area contributed by atoms with E-state index in [1.54, 1.807) is 0 Å². The molecule has 6 aromatic carbocycles. The molecule has 2 aliphatic rings. The Balaban J connectivity index is 1.35. The zero-order valence-electron chi connectivity index (χ0n) is 28.0. The van der Waals surface area contributed by atoms with Crippen LogP contribution in [0.25, 0.3) is 72.8 Å². The fraction of sp³-hybridized carbons (Fsp3) is 0.133. The van der Waals surface area contributed by atoms with E-state index in [9.17, 15) is 0 Å². The zero-order valence-corrected chi connectivity index (χ0v) is 28.0. The van der Waals surface area contributed by atoms with Gasteiger partial charge < -0.3 is 4.57 Å². The number of hydrogen-bond acceptors (Lipinski definition) is 3. The van der Waals surface area contributed by atoms with Crippen molar-refractivity contribution in [1.82, 2.24) is 19.5 Å². The van der Waals surface area contributed by atoms with Gasteiger partial charge in [0.1, 0.15) is 0 Å². The molecule has 0 saturated heterocycles. The monoisotopic (exact) mass is 630 g/mol. The van der Waals surface area contributed by atoms with Crippen LogP contribution in [-0.2, 0) is 10.8 Å². The predicted molar refractivity (Wildman–Crippen MR) is 200 cm³/mol. The Morgan fingerprint density at radius 3 is 1.71 bits per heavy atom. The van der Waals surface area contributed by atoms with Gasteiger partial charge in [0, 0.05) is 38.3 Å². The molecule has 0 unspecified atom stereocenters. The molecule has 4 nitrogen and oxygen atoms in total. The molecule has 234 valence electrons. The van der Waals surface area contributed by atoms with Crippen molar-refractivity contribution in [3.8, 4) is 51.0 Å². The summed E-state index contributed by atoms with van der Waals surface area (Å²) in [6.07, 6.45) is 0. The molecule has 1 aliphatic carbocycles. The zero-order chi connectivity index (χ0) is 33.1. The fourth-order valence-corrected chi connectivity index (χ4v) is 8.64. The molecule has 0 atom stereocenters. The van der Waals surface area contributed by atoms with Crippen LogP contribution in [0.1, 0.15) is 49.9 Å². The number of benzene rings is 6. The van der Waals surface area contributed by atoms with Crippen LogP contribution in [0.3, 0.4) is 0 Å². The number of rotatable bonds is 3. The van der Waals surface area contributed by atoms with Crippen LogP contribution in [0.5, 0.6) is 0 Å². The Kier molecular flexibility index (Phi) is 5.65. The Labute approximate surface area is 285 Å². The van der Waals surface area contributed by atoms with Crippen LogP contribution in [0.4, 0.5) is 0 Å². The van der Waals surface area contributed by atoms with Gasteiger partial charge in [-0.2, -0.15) is 0 Å². The van der Waals surface area contributed by atoms with Crippen LogP contribution in [0.2, 0.25) is 0 Å². The fourth-order valence-electron chi connectivity index (χ4n) is 8.64. The largest absolute Gasteiger partial charge is 0.309 e. The molecule has 0 saturated carbocycles. The van der Waals surface area contributed by atoms with Crippen LogP contribution >= 0.6 is 0 Å². The third-order valence-electron chi connectivity index (χ3n) is 11.0. The second-order valence-corrected chi connectivity index (χ2v) is 14.5. The summed E-state index contributed by atoms with van der Waals surface area (Å²) in [5.41, 5.74) is 14.3. The minimum Gasteiger partial charge on any atom is -0.309 e. The van der Waals surface area contributed by atoms with Crippen molar-refractivity contribution in [2.75, 3.05) is 0 Å². The third kappa shape index (κ3) is 3.83. The van der Waals surface area contributed by atoms with Gasteiger partial charge in [-0.25, -0.2) is 15.0 Å². The third-order valence-corrected chi connectivity index (χ3v) is 11.0. The van der Waals surface area contributed by atoms with E-state index in [0.29, 0.717) is 17.5 Å². The van der Waals surface area contributed by atoms with Gasteiger partial charge in [-0.3, -0.25) is 0 Å². The Morgan fingerprint density at radius 1 is 0.469 bits per heavy atom. The molecule has 8 aromatic rings. The summed E-state index contributed by atoms with van der Waals surface area (Å²) in [4.78, 5) is 15.4. The predicted octanol–water partition coefficient (Wildman–Crippen LogP) is 10.9. The maximum absolute atomic E-state index is 5.18. The number of hydrogen-bond donors (Lipinski definition) is 0. The molecular formula is C45H34N4. The van der Waals surface area contributed by atoms with Crippen LogP contribution in [-0.4, -0.2) is 19.5 Å². The first-order valence-electron chi connectivity index (χ1n) is 17.1. The lowest BCUT2D eigenvalue weighted by Gasteiger charge is -2.35. The lowest BCUT2D eigenvalue weighted by atomic mass is 9.74. The van der Waals surface area contributed by atoms with Crippen molar-refractivity contribution in [2.24, 2.45) is 0 Å². The Bertz CT molecular complexity index is 2590. The SMILES string of the molecule is CC1(C)c2ccccc2-c2ccc3c(c21)c1cc(-c2nc(-c4ccccc4)nc(-c4ccccc4)n2)cc2c1n3-c1ccccc1C2(C)C. The van der Waals surface area contributed by atoms with Gasteiger partial charge in [-0.05, 0) is 57.6 Å². The highest BCUT2D eigenvalue weighted by molar-refractivity contribution is 6.17. The summed E-state index contributed by atoms with van der Waals surface area (Å²) in [6.45, 7) is 9.47. The average Bonchev–Trinajstić information content (AvgIpc) is 3.60. The molecule has 0 fully saturated rings. The van der Waals surface area contributed by atoms with Gasteiger partial charge in [0.15, 0.2) is 17.5 Å². The second-order valence-electron chi connectivity index (χ2n) is 14.5. The number of nitrogens with zero attached hydrogens (tertiary/aromatic N) is 4. The molecule has 0 radical (unpaired) electrons. The maximum atomic E-state index is 5.18. The summed E-state index contributed by atoms with van der Waals surface area (Å²) in [7, 11) is 0. The molecule has 2 aromatic heterocycles. The van der Waals surface area contributed by atoms with E-state index >= 15 is 0 Å². The van der Waals surface area contributed by atoms with E-state index in [4.69, 9.17) is 15.0 Å². The maximum Gasteiger partial charge on any atom is 0.164 e. The summed E-state index contributed by atoms with van der Waals surface area (Å²) >= 11 is 0. The second kappa shape index (κ2) is 9.83. The van der Waals surface area contributed by atoms with Crippen molar-refractivity contribution in [2.45, 2.75) is 38.5 Å². The van der Waals surface area contributed by atoms with Crippen LogP contribution < -0.4 is 0 Å². The van der Waals surface area contributed by atoms with Crippen LogP contribution in [0, 0.1) is 0 Å². The topological polar surface area (TPSA) is 43.6 Å². The van der Waals surface area contributed by atoms with E-state index in [2.05, 4.69) is 129 Å². The molecule has 3 heterocycles. The normalized spacial score (nSPS) is 14.9. The lowest BCUT2D eigenvalue weighted by Crippen LogP contribution is -2.26. The van der Waals surface area contributed by atoms with Crippen LogP contribution in [0.15, 0.2) is 133 Å². The number of para-hydroxylation sites is 1. The van der Waals surface area contributed by atoms with Crippen molar-refractivity contribution in [1.29, 1.82) is 0 Å². The Hall–Kier alpha value is -5.87. The lowest BCUT2D eigenvalue weighted by molar-refractivity contribution is 0.630. The van der Waals surface area contributed by atoms with Gasteiger partial charge in [-0.15, -0.1) is 0 Å². The van der Waals surface area contributed by atoms with E-state index < -0.39 is 0 Å². The van der Waals surface area contributed by atoms with Gasteiger partial charge in [0.2, 0.25) is 0 Å². The highest BCUT2D eigenvalue weighted by Gasteiger charge is 2.41. The van der Waals surface area contributed by atoms with E-state index in [-0.39, 0.29) is 10.8 Å². The quantitative estimate of drug-likeness (QED) is 0.195. The highest BCUT2D eigenvalue weighted by Crippen LogP contribution is 2.56. The minimum absolute atomic E-state index is 0.169. The van der Waals surface area contributed by atoms with Gasteiger partial charge in [-0.1, -0.05) is 137 Å². The first-order valence-corrected chi connectivity index (χ1v) is 17.1. The molecule has 1 aliphatic heterocycles. The summed E-state index contributed by atoms with van der Waals surface area (Å²) < 4.78 is 2.52. The van der Waals surface area contributed by atoms with Gasteiger partial charge >= 0.3 is 0 Å². The standard InChI is InChI=1S/C45H34N4/c1-44(2)34-21-13-14-22-36(34)49-37-24-23-31-30-19-11-12-20-33(30)45(3,4)39(31)38(37)32-25-29(26-35(44)40(32)49)43-47-41(27-15-7-5-8-16-27)46-42(48-43)28-17-9-6-10-18-28/h5-26H,1-4H3. The summed E-state index contributed by atoms with van der Waals surface area (Å²) in [5.74, 6) is 2.02. The first-order chi connectivity index (χ1) is 23.8. The molecule has 4 heteroatoms. The molecule has 10 rings (SSSR count). The molecule has 0 spiro atoms. The van der Waals surface area contributed by atoms with Crippen molar-refractivity contribution >= 4 is 21.8 Å². The Morgan fingerprint density at radius 2 is 1.04 bits per heavy atom. The summed E-state index contributed by atoms with van der Waals surface area (Å²) in [6, 6.07) is 47.7. The van der Waals surface area contributed by atoms with E-state index in [0.717, 1.165) is 16.7 Å². The molecule has 0 amide bonds. The smallest absolute Gasteiger partial charge is 0.164 e. The average molecular weight is 631 g/mol. The molecular weight excluding hydrogens is 597 g/mol. The molecule has 0 N–H and O–H groups in total. The van der Waals surface area contributed by atoms with Crippen molar-refractivity contribution in [3.05, 3.63) is 156 Å². The molecule has 49 heavy (non-hydrogen) atoms. The molecule has 0 bridgehead atoms. The van der Waals surface area contributed by atoms with Gasteiger partial charge in [0.05, 0.1) is 16.7 Å². The highest BCUT2D eigenvalue weighted by atomic mass is 15.0. The van der Waals surface area contributed by atoms with Crippen molar-refractivity contribution < 1.29 is 0 Å². The number of aromatic nitrogens is 4. The van der Waals surface area contributed by atoms with E-state index in [1.807, 2.05) is 36.4 Å². The summed E-state index contributed by atoms with van der Waals surface area (Å²) in [5, 5.41) is 2.55. The van der Waals surface area contributed by atoms with Gasteiger partial charge in [0.25, 0.3) is 0 Å².